The van der Waals surface area contributed by atoms with Gasteiger partial charge in [-0.1, -0.05) is 0 Å². The highest BCUT2D eigenvalue weighted by atomic mass is 16.7. The highest BCUT2D eigenvalue weighted by Gasteiger charge is 2.35. The molecule has 1 aliphatic rings. The van der Waals surface area contributed by atoms with Crippen LogP contribution in [-0.2, 0) is 14.3 Å². The lowest BCUT2D eigenvalue weighted by Gasteiger charge is -2.30. The van der Waals surface area contributed by atoms with Crippen molar-refractivity contribution in [1.29, 1.82) is 0 Å². The topological polar surface area (TPSA) is 76.0 Å². The van der Waals surface area contributed by atoms with Crippen molar-refractivity contribution < 1.29 is 24.5 Å². The summed E-state index contributed by atoms with van der Waals surface area (Å²) in [6.45, 7) is -0.382. The molecule has 2 N–H and O–H groups in total. The Labute approximate surface area is 69.9 Å². The van der Waals surface area contributed by atoms with Gasteiger partial charge >= 0.3 is 0 Å². The van der Waals surface area contributed by atoms with Crippen molar-refractivity contribution in [1.82, 2.24) is 0 Å². The number of Topliss-reactive ketones (excluding diaryl/α,β-unsaturated/α-hetero) is 1. The van der Waals surface area contributed by atoms with E-state index < -0.39 is 18.5 Å². The van der Waals surface area contributed by atoms with Gasteiger partial charge in [0.25, 0.3) is 0 Å². The van der Waals surface area contributed by atoms with Crippen LogP contribution in [0.3, 0.4) is 0 Å². The normalized spacial score (nSPS) is 36.9. The summed E-state index contributed by atoms with van der Waals surface area (Å²) in [4.78, 5) is 11.0. The van der Waals surface area contributed by atoms with E-state index in [1.165, 1.54) is 7.11 Å². The van der Waals surface area contributed by atoms with Crippen LogP contribution in [0.4, 0.5) is 0 Å². The van der Waals surface area contributed by atoms with Crippen LogP contribution in [0.15, 0.2) is 0 Å². The van der Waals surface area contributed by atoms with Gasteiger partial charge in [0.2, 0.25) is 0 Å². The highest BCUT2D eigenvalue weighted by molar-refractivity contribution is 5.84. The highest BCUT2D eigenvalue weighted by Crippen LogP contribution is 2.16. The molecule has 1 saturated heterocycles. The minimum atomic E-state index is -1.22. The van der Waals surface area contributed by atoms with E-state index in [0.29, 0.717) is 0 Å². The number of hydrogen-bond donors (Lipinski definition) is 2. The fraction of sp³-hybridized carbons (Fsp3) is 0.857. The summed E-state index contributed by atoms with van der Waals surface area (Å²) in [6.07, 6.45) is -2.68. The second-order valence-corrected chi connectivity index (χ2v) is 2.64. The Hall–Kier alpha value is -0.490. The minimum Gasteiger partial charge on any atom is -0.394 e. The Morgan fingerprint density at radius 3 is 2.92 bits per heavy atom. The van der Waals surface area contributed by atoms with Crippen LogP contribution in [0.5, 0.6) is 0 Å². The van der Waals surface area contributed by atoms with E-state index in [9.17, 15) is 4.79 Å². The molecule has 0 saturated carbocycles. The lowest BCUT2D eigenvalue weighted by Crippen LogP contribution is -2.47. The standard InChI is InChI=1S/C7H12O5/c1-11-6-2-4(9)7(10)5(3-8)12-6/h5-8,10H,2-3H2,1H3/t5?,6-,7?/m0/s1. The van der Waals surface area contributed by atoms with Gasteiger partial charge in [0.05, 0.1) is 13.0 Å². The molecule has 12 heavy (non-hydrogen) atoms. The van der Waals surface area contributed by atoms with Gasteiger partial charge < -0.3 is 19.7 Å². The van der Waals surface area contributed by atoms with Crippen LogP contribution >= 0.6 is 0 Å². The molecule has 0 bridgehead atoms. The number of aliphatic hydroxyl groups excluding tert-OH is 2. The zero-order valence-electron chi connectivity index (χ0n) is 6.77. The maximum Gasteiger partial charge on any atom is 0.169 e. The summed E-state index contributed by atoms with van der Waals surface area (Å²) in [7, 11) is 1.41. The third-order valence-corrected chi connectivity index (χ3v) is 1.82. The fourth-order valence-corrected chi connectivity index (χ4v) is 1.09. The SMILES string of the molecule is CO[C@@H]1CC(=O)C(O)C(CO)O1. The lowest BCUT2D eigenvalue weighted by molar-refractivity contribution is -0.214. The van der Waals surface area contributed by atoms with E-state index in [4.69, 9.17) is 19.7 Å². The number of rotatable bonds is 2. The molecule has 0 amide bonds. The quantitative estimate of drug-likeness (QED) is 0.545. The molecule has 2 unspecified atom stereocenters. The summed E-state index contributed by atoms with van der Waals surface area (Å²) in [6, 6.07) is 0. The van der Waals surface area contributed by atoms with Crippen LogP contribution in [0.25, 0.3) is 0 Å². The van der Waals surface area contributed by atoms with Gasteiger partial charge in [-0.3, -0.25) is 4.79 Å². The first kappa shape index (κ1) is 9.60. The molecule has 0 aromatic carbocycles. The molecule has 0 aromatic rings. The molecule has 1 heterocycles. The average molecular weight is 176 g/mol. The van der Waals surface area contributed by atoms with Crippen LogP contribution in [0, 0.1) is 0 Å². The predicted octanol–water partition coefficient (Wildman–Crippen LogP) is -1.33. The van der Waals surface area contributed by atoms with Gasteiger partial charge in [0.1, 0.15) is 12.2 Å². The maximum atomic E-state index is 11.0. The molecule has 5 heteroatoms. The van der Waals surface area contributed by atoms with Crippen LogP contribution in [0.1, 0.15) is 6.42 Å². The predicted molar refractivity (Wildman–Crippen MR) is 38.4 cm³/mol. The smallest absolute Gasteiger partial charge is 0.169 e. The van der Waals surface area contributed by atoms with Crippen molar-refractivity contribution in [3.05, 3.63) is 0 Å². The third kappa shape index (κ3) is 1.81. The van der Waals surface area contributed by atoms with Crippen LogP contribution in [-0.4, -0.2) is 48.2 Å². The van der Waals surface area contributed by atoms with Gasteiger partial charge in [-0.05, 0) is 0 Å². The van der Waals surface area contributed by atoms with Crippen molar-refractivity contribution >= 4 is 5.78 Å². The monoisotopic (exact) mass is 176 g/mol. The molecule has 1 rings (SSSR count). The summed E-state index contributed by atoms with van der Waals surface area (Å²) in [5, 5.41) is 17.9. The Kier molecular flexibility index (Phi) is 3.16. The van der Waals surface area contributed by atoms with Gasteiger partial charge in [-0.25, -0.2) is 0 Å². The Morgan fingerprint density at radius 2 is 2.42 bits per heavy atom. The number of ether oxygens (including phenoxy) is 2. The van der Waals surface area contributed by atoms with E-state index in [1.54, 1.807) is 0 Å². The molecule has 0 radical (unpaired) electrons. The van der Waals surface area contributed by atoms with Crippen molar-refractivity contribution in [3.8, 4) is 0 Å². The zero-order chi connectivity index (χ0) is 9.14. The number of methoxy groups -OCH3 is 1. The molecule has 0 spiro atoms. The minimum absolute atomic E-state index is 0.0359. The number of ketones is 1. The molecule has 1 aliphatic heterocycles. The Balaban J connectivity index is 2.58. The van der Waals surface area contributed by atoms with Gasteiger partial charge in [-0.2, -0.15) is 0 Å². The van der Waals surface area contributed by atoms with E-state index in [-0.39, 0.29) is 18.8 Å². The van der Waals surface area contributed by atoms with Crippen molar-refractivity contribution in [2.24, 2.45) is 0 Å². The summed E-state index contributed by atoms with van der Waals surface area (Å²) < 4.78 is 9.80. The van der Waals surface area contributed by atoms with E-state index in [0.717, 1.165) is 0 Å². The molecule has 3 atom stereocenters. The number of carbonyl (C=O) groups is 1. The number of hydrogen-bond acceptors (Lipinski definition) is 5. The van der Waals surface area contributed by atoms with Gasteiger partial charge in [0, 0.05) is 7.11 Å². The van der Waals surface area contributed by atoms with Crippen LogP contribution in [0.2, 0.25) is 0 Å². The first-order valence-electron chi connectivity index (χ1n) is 3.69. The second kappa shape index (κ2) is 3.95. The lowest BCUT2D eigenvalue weighted by atomic mass is 10.0. The van der Waals surface area contributed by atoms with Crippen molar-refractivity contribution in [3.63, 3.8) is 0 Å². The molecule has 70 valence electrons. The van der Waals surface area contributed by atoms with E-state index in [1.807, 2.05) is 0 Å². The number of aliphatic hydroxyl groups is 2. The zero-order valence-corrected chi connectivity index (χ0v) is 6.77. The molecular weight excluding hydrogens is 164 g/mol. The Morgan fingerprint density at radius 1 is 1.75 bits per heavy atom. The molecule has 0 aromatic heterocycles. The molecule has 5 nitrogen and oxygen atoms in total. The fourth-order valence-electron chi connectivity index (χ4n) is 1.09. The first-order valence-corrected chi connectivity index (χ1v) is 3.69. The average Bonchev–Trinajstić information content (AvgIpc) is 2.09. The Bertz CT molecular complexity index is 169. The van der Waals surface area contributed by atoms with Gasteiger partial charge in [0.15, 0.2) is 12.1 Å². The van der Waals surface area contributed by atoms with E-state index >= 15 is 0 Å². The molecular formula is C7H12O5. The second-order valence-electron chi connectivity index (χ2n) is 2.64. The molecule has 0 aliphatic carbocycles. The molecule has 1 fully saturated rings. The largest absolute Gasteiger partial charge is 0.394 e. The van der Waals surface area contributed by atoms with Gasteiger partial charge in [-0.15, -0.1) is 0 Å². The summed E-state index contributed by atoms with van der Waals surface area (Å²) in [5.41, 5.74) is 0. The summed E-state index contributed by atoms with van der Waals surface area (Å²) >= 11 is 0. The first-order chi connectivity index (χ1) is 5.69. The maximum absolute atomic E-state index is 11.0. The third-order valence-electron chi connectivity index (χ3n) is 1.82. The van der Waals surface area contributed by atoms with Crippen LogP contribution < -0.4 is 0 Å². The van der Waals surface area contributed by atoms with Crippen molar-refractivity contribution in [2.45, 2.75) is 24.9 Å². The van der Waals surface area contributed by atoms with E-state index in [2.05, 4.69) is 0 Å². The van der Waals surface area contributed by atoms with Crippen molar-refractivity contribution in [2.75, 3.05) is 13.7 Å². The number of carbonyl (C=O) groups excluding carboxylic acids is 1. The summed E-state index contributed by atoms with van der Waals surface area (Å²) in [5.74, 6) is -0.354.